The fourth-order valence-electron chi connectivity index (χ4n) is 6.35. The van der Waals surface area contributed by atoms with Crippen molar-refractivity contribution in [2.45, 2.75) is 0 Å². The monoisotopic (exact) mass is 617 g/mol. The van der Waals surface area contributed by atoms with Crippen molar-refractivity contribution in [1.29, 1.82) is 0 Å². The predicted molar refractivity (Wildman–Crippen MR) is 197 cm³/mol. The summed E-state index contributed by atoms with van der Waals surface area (Å²) in [5, 5.41) is 4.72. The van der Waals surface area contributed by atoms with Crippen LogP contribution in [0.15, 0.2) is 164 Å². The van der Waals surface area contributed by atoms with Crippen LogP contribution in [-0.2, 0) is 0 Å². The van der Waals surface area contributed by atoms with Gasteiger partial charge in [0.2, 0.25) is 0 Å². The van der Waals surface area contributed by atoms with E-state index >= 15 is 0 Å². The number of nitrogens with zero attached hydrogens (tertiary/aromatic N) is 3. The summed E-state index contributed by atoms with van der Waals surface area (Å²) >= 11 is 1.80. The van der Waals surface area contributed by atoms with Crippen molar-refractivity contribution in [3.05, 3.63) is 164 Å². The number of rotatable bonds is 5. The van der Waals surface area contributed by atoms with Gasteiger partial charge in [-0.25, -0.2) is 15.0 Å². The lowest BCUT2D eigenvalue weighted by Gasteiger charge is -2.11. The Kier molecular flexibility index (Phi) is 6.65. The van der Waals surface area contributed by atoms with E-state index in [-0.39, 0.29) is 0 Å². The smallest absolute Gasteiger partial charge is 0.164 e. The maximum atomic E-state index is 5.12. The highest BCUT2D eigenvalue weighted by Gasteiger charge is 2.17. The molecule has 47 heavy (non-hydrogen) atoms. The van der Waals surface area contributed by atoms with E-state index in [1.54, 1.807) is 11.3 Å². The first kappa shape index (κ1) is 27.3. The molecule has 9 aromatic rings. The third-order valence-corrected chi connectivity index (χ3v) is 9.87. The van der Waals surface area contributed by atoms with E-state index in [9.17, 15) is 0 Å². The zero-order valence-corrected chi connectivity index (χ0v) is 26.2. The van der Waals surface area contributed by atoms with Crippen LogP contribution >= 0.6 is 11.3 Å². The van der Waals surface area contributed by atoms with E-state index < -0.39 is 0 Å². The average molecular weight is 618 g/mol. The summed E-state index contributed by atoms with van der Waals surface area (Å²) in [6.45, 7) is 0. The topological polar surface area (TPSA) is 38.7 Å². The predicted octanol–water partition coefficient (Wildman–Crippen LogP) is 11.7. The highest BCUT2D eigenvalue weighted by molar-refractivity contribution is 7.25. The van der Waals surface area contributed by atoms with Gasteiger partial charge in [-0.3, -0.25) is 0 Å². The highest BCUT2D eigenvalue weighted by Crippen LogP contribution is 2.40. The third kappa shape index (κ3) is 5.05. The lowest BCUT2D eigenvalue weighted by molar-refractivity contribution is 1.08. The van der Waals surface area contributed by atoms with Crippen molar-refractivity contribution < 1.29 is 0 Å². The van der Waals surface area contributed by atoms with Gasteiger partial charge in [-0.15, -0.1) is 11.3 Å². The fraction of sp³-hybridized carbons (Fsp3) is 0. The summed E-state index contributed by atoms with van der Waals surface area (Å²) in [6, 6.07) is 57.5. The molecule has 2 heterocycles. The van der Waals surface area contributed by atoms with E-state index in [1.807, 2.05) is 24.3 Å². The van der Waals surface area contributed by atoms with Crippen LogP contribution in [0.25, 0.3) is 87.4 Å². The maximum Gasteiger partial charge on any atom is 0.164 e. The zero-order chi connectivity index (χ0) is 31.2. The molecule has 0 saturated carbocycles. The Morgan fingerprint density at radius 2 is 0.851 bits per heavy atom. The SMILES string of the molecule is c1ccc(-c2ccc(-c3ccc4cc(-c5nc(-c6ccccc6)nc(-c6cccc7sc8ccccc8c67)n5)ccc4c3)cc2)cc1. The number of benzene rings is 7. The fourth-order valence-corrected chi connectivity index (χ4v) is 7.49. The van der Waals surface area contributed by atoms with Gasteiger partial charge in [0, 0.05) is 36.9 Å². The first-order chi connectivity index (χ1) is 23.3. The van der Waals surface area contributed by atoms with Crippen LogP contribution in [0.5, 0.6) is 0 Å². The van der Waals surface area contributed by atoms with E-state index in [0.717, 1.165) is 22.1 Å². The molecule has 7 aromatic carbocycles. The molecular formula is C43H27N3S. The molecule has 3 nitrogen and oxygen atoms in total. The van der Waals surface area contributed by atoms with Crippen molar-refractivity contribution in [1.82, 2.24) is 15.0 Å². The Morgan fingerprint density at radius 3 is 1.60 bits per heavy atom. The first-order valence-electron chi connectivity index (χ1n) is 15.7. The molecule has 0 aliphatic carbocycles. The number of thiophene rings is 1. The van der Waals surface area contributed by atoms with Crippen LogP contribution in [0.3, 0.4) is 0 Å². The summed E-state index contributed by atoms with van der Waals surface area (Å²) < 4.78 is 2.48. The molecule has 0 unspecified atom stereocenters. The van der Waals surface area contributed by atoms with Gasteiger partial charge < -0.3 is 0 Å². The lowest BCUT2D eigenvalue weighted by Crippen LogP contribution is -2.00. The van der Waals surface area contributed by atoms with E-state index in [2.05, 4.69) is 140 Å². The summed E-state index contributed by atoms with van der Waals surface area (Å²) in [6.07, 6.45) is 0. The Hall–Kier alpha value is -5.97. The molecule has 0 fully saturated rings. The summed E-state index contributed by atoms with van der Waals surface area (Å²) in [4.78, 5) is 15.2. The number of hydrogen-bond donors (Lipinski definition) is 0. The molecule has 2 aromatic heterocycles. The summed E-state index contributed by atoms with van der Waals surface area (Å²) in [5.41, 5.74) is 7.76. The summed E-state index contributed by atoms with van der Waals surface area (Å²) in [7, 11) is 0. The lowest BCUT2D eigenvalue weighted by atomic mass is 9.97. The van der Waals surface area contributed by atoms with Crippen molar-refractivity contribution in [3.63, 3.8) is 0 Å². The van der Waals surface area contributed by atoms with E-state index in [0.29, 0.717) is 17.5 Å². The third-order valence-electron chi connectivity index (χ3n) is 8.73. The second-order valence-electron chi connectivity index (χ2n) is 11.7. The highest BCUT2D eigenvalue weighted by atomic mass is 32.1. The van der Waals surface area contributed by atoms with Crippen LogP contribution in [0.1, 0.15) is 0 Å². The molecule has 0 spiro atoms. The molecule has 0 radical (unpaired) electrons. The van der Waals surface area contributed by atoms with Crippen molar-refractivity contribution in [2.24, 2.45) is 0 Å². The average Bonchev–Trinajstić information content (AvgIpc) is 3.54. The van der Waals surface area contributed by atoms with Crippen LogP contribution in [0.2, 0.25) is 0 Å². The maximum absolute atomic E-state index is 5.12. The van der Waals surface area contributed by atoms with Gasteiger partial charge in [0.05, 0.1) is 0 Å². The van der Waals surface area contributed by atoms with Crippen LogP contribution in [0, 0.1) is 0 Å². The normalized spacial score (nSPS) is 11.4. The number of hydrogen-bond acceptors (Lipinski definition) is 4. The second kappa shape index (κ2) is 11.4. The largest absolute Gasteiger partial charge is 0.208 e. The number of fused-ring (bicyclic) bond motifs is 4. The molecule has 0 atom stereocenters. The van der Waals surface area contributed by atoms with Gasteiger partial charge in [-0.05, 0) is 57.3 Å². The number of aromatic nitrogens is 3. The molecule has 220 valence electrons. The zero-order valence-electron chi connectivity index (χ0n) is 25.3. The Labute approximate surface area is 276 Å². The Balaban J connectivity index is 1.14. The standard InChI is InChI=1S/C43H27N3S/c1-3-10-28(11-4-1)29-18-20-30(21-19-29)32-22-23-34-27-35(25-24-33(34)26-32)42-44-41(31-12-5-2-6-13-31)45-43(46-42)37-15-9-17-39-40(37)36-14-7-8-16-38(36)47-39/h1-27H. The minimum Gasteiger partial charge on any atom is -0.208 e. The molecular weight excluding hydrogens is 591 g/mol. The first-order valence-corrected chi connectivity index (χ1v) is 16.5. The molecule has 0 amide bonds. The molecule has 0 bridgehead atoms. The van der Waals surface area contributed by atoms with Crippen LogP contribution in [-0.4, -0.2) is 15.0 Å². The minimum atomic E-state index is 0.660. The van der Waals surface area contributed by atoms with E-state index in [1.165, 1.54) is 47.8 Å². The van der Waals surface area contributed by atoms with Crippen LogP contribution in [0.4, 0.5) is 0 Å². The van der Waals surface area contributed by atoms with Gasteiger partial charge in [0.15, 0.2) is 17.5 Å². The molecule has 9 rings (SSSR count). The van der Waals surface area contributed by atoms with Gasteiger partial charge in [0.25, 0.3) is 0 Å². The second-order valence-corrected chi connectivity index (χ2v) is 12.8. The van der Waals surface area contributed by atoms with Gasteiger partial charge in [-0.2, -0.15) is 0 Å². The van der Waals surface area contributed by atoms with Crippen molar-refractivity contribution in [2.75, 3.05) is 0 Å². The molecule has 4 heteroatoms. The Bertz CT molecular complexity index is 2550. The quantitative estimate of drug-likeness (QED) is 0.193. The molecule has 0 N–H and O–H groups in total. The van der Waals surface area contributed by atoms with Crippen LogP contribution < -0.4 is 0 Å². The van der Waals surface area contributed by atoms with Gasteiger partial charge >= 0.3 is 0 Å². The Morgan fingerprint density at radius 1 is 0.340 bits per heavy atom. The molecule has 0 saturated heterocycles. The van der Waals surface area contributed by atoms with Gasteiger partial charge in [-0.1, -0.05) is 140 Å². The van der Waals surface area contributed by atoms with Crippen molar-refractivity contribution in [3.8, 4) is 56.4 Å². The molecule has 0 aliphatic heterocycles. The van der Waals surface area contributed by atoms with Crippen molar-refractivity contribution >= 4 is 42.3 Å². The summed E-state index contributed by atoms with van der Waals surface area (Å²) in [5.74, 6) is 2.00. The minimum absolute atomic E-state index is 0.660. The van der Waals surface area contributed by atoms with E-state index in [4.69, 9.17) is 15.0 Å². The van der Waals surface area contributed by atoms with Gasteiger partial charge in [0.1, 0.15) is 0 Å². The molecule has 0 aliphatic rings.